The maximum absolute atomic E-state index is 12.7. The molecular weight excluding hydrogens is 418 g/mol. The summed E-state index contributed by atoms with van der Waals surface area (Å²) in [6, 6.07) is 10.4. The van der Waals surface area contributed by atoms with E-state index in [-0.39, 0.29) is 6.04 Å². The van der Waals surface area contributed by atoms with Crippen LogP contribution < -0.4 is 14.8 Å². The summed E-state index contributed by atoms with van der Waals surface area (Å²) in [6.07, 6.45) is 5.28. The van der Waals surface area contributed by atoms with Crippen molar-refractivity contribution in [2.45, 2.75) is 54.9 Å². The fourth-order valence-corrected chi connectivity index (χ4v) is 6.59. The number of benzene rings is 1. The van der Waals surface area contributed by atoms with Crippen molar-refractivity contribution in [2.24, 2.45) is 0 Å². The van der Waals surface area contributed by atoms with Crippen LogP contribution in [0.3, 0.4) is 0 Å². The largest absolute Gasteiger partial charge is 0.496 e. The van der Waals surface area contributed by atoms with Crippen molar-refractivity contribution in [1.82, 2.24) is 14.9 Å². The zero-order valence-electron chi connectivity index (χ0n) is 17.7. The fourth-order valence-electron chi connectivity index (χ4n) is 3.95. The molecule has 1 aromatic heterocycles. The van der Waals surface area contributed by atoms with Gasteiger partial charge in [-0.25, -0.2) is 13.1 Å². The summed E-state index contributed by atoms with van der Waals surface area (Å²) in [5, 5.41) is 3.67. The van der Waals surface area contributed by atoms with E-state index in [2.05, 4.69) is 34.1 Å². The lowest BCUT2D eigenvalue weighted by molar-refractivity contribution is 0.234. The molecule has 30 heavy (non-hydrogen) atoms. The lowest BCUT2D eigenvalue weighted by atomic mass is 9.94. The number of thiophene rings is 1. The molecule has 2 aliphatic rings. The average molecular weight is 450 g/mol. The highest BCUT2D eigenvalue weighted by molar-refractivity contribution is 7.91. The molecule has 2 heterocycles. The number of hydrogen-bond acceptors (Lipinski definition) is 6. The van der Waals surface area contributed by atoms with Gasteiger partial charge in [0.15, 0.2) is 0 Å². The van der Waals surface area contributed by atoms with Gasteiger partial charge in [-0.05, 0) is 75.6 Å². The van der Waals surface area contributed by atoms with E-state index >= 15 is 0 Å². The van der Waals surface area contributed by atoms with Gasteiger partial charge in [0.05, 0.1) is 7.11 Å². The molecule has 2 fully saturated rings. The third-order valence-electron chi connectivity index (χ3n) is 6.12. The quantitative estimate of drug-likeness (QED) is 0.646. The number of methoxy groups -OCH3 is 1. The number of ether oxygens (including phenoxy) is 1. The van der Waals surface area contributed by atoms with E-state index in [1.807, 2.05) is 12.1 Å². The molecule has 2 aromatic rings. The Bertz CT molecular complexity index is 962. The highest BCUT2D eigenvalue weighted by atomic mass is 32.2. The first-order valence-electron chi connectivity index (χ1n) is 10.7. The van der Waals surface area contributed by atoms with Gasteiger partial charge in [-0.15, -0.1) is 11.3 Å². The van der Waals surface area contributed by atoms with Crippen LogP contribution in [0.1, 0.15) is 37.7 Å². The predicted octanol–water partition coefficient (Wildman–Crippen LogP) is 3.44. The van der Waals surface area contributed by atoms with Gasteiger partial charge in [0.1, 0.15) is 9.96 Å². The first kappa shape index (κ1) is 21.8. The lowest BCUT2D eigenvalue weighted by Crippen LogP contribution is -2.40. The summed E-state index contributed by atoms with van der Waals surface area (Å²) in [4.78, 5) is 3.27. The maximum Gasteiger partial charge on any atom is 0.250 e. The molecular formula is C22H31N3O3S2. The zero-order valence-corrected chi connectivity index (χ0v) is 19.3. The SMILES string of the molecule is COc1ccc(CNC2CCN(C)CC2)cc1-c1ccc(S(=O)(=O)NC2CCC2)s1. The molecule has 2 N–H and O–H groups in total. The van der Waals surface area contributed by atoms with Crippen molar-refractivity contribution in [3.63, 3.8) is 0 Å². The number of piperidine rings is 1. The summed E-state index contributed by atoms with van der Waals surface area (Å²) < 4.78 is 34.0. The molecule has 1 aromatic carbocycles. The molecule has 6 nitrogen and oxygen atoms in total. The summed E-state index contributed by atoms with van der Waals surface area (Å²) in [5.41, 5.74) is 2.12. The Morgan fingerprint density at radius 1 is 1.10 bits per heavy atom. The predicted molar refractivity (Wildman–Crippen MR) is 122 cm³/mol. The van der Waals surface area contributed by atoms with Crippen LogP contribution in [0.2, 0.25) is 0 Å². The monoisotopic (exact) mass is 449 g/mol. The molecule has 4 rings (SSSR count). The number of sulfonamides is 1. The van der Waals surface area contributed by atoms with Crippen LogP contribution in [-0.2, 0) is 16.6 Å². The third-order valence-corrected chi connectivity index (χ3v) is 9.25. The van der Waals surface area contributed by atoms with E-state index < -0.39 is 10.0 Å². The van der Waals surface area contributed by atoms with E-state index in [0.717, 1.165) is 55.1 Å². The number of nitrogens with one attached hydrogen (secondary N) is 2. The zero-order chi connectivity index (χ0) is 21.1. The molecule has 164 valence electrons. The fraction of sp³-hybridized carbons (Fsp3) is 0.545. The minimum atomic E-state index is -3.46. The van der Waals surface area contributed by atoms with Crippen molar-refractivity contribution in [3.8, 4) is 16.2 Å². The minimum absolute atomic E-state index is 0.0871. The van der Waals surface area contributed by atoms with E-state index in [9.17, 15) is 8.42 Å². The van der Waals surface area contributed by atoms with Gasteiger partial charge in [-0.3, -0.25) is 0 Å². The molecule has 1 saturated heterocycles. The second-order valence-electron chi connectivity index (χ2n) is 8.36. The molecule has 0 spiro atoms. The Morgan fingerprint density at radius 3 is 2.53 bits per heavy atom. The average Bonchev–Trinajstić information content (AvgIpc) is 3.21. The smallest absolute Gasteiger partial charge is 0.250 e. The third kappa shape index (κ3) is 5.06. The normalized spacial score (nSPS) is 19.0. The Hall–Kier alpha value is -1.45. The summed E-state index contributed by atoms with van der Waals surface area (Å²) in [7, 11) is 0.366. The number of hydrogen-bond donors (Lipinski definition) is 2. The van der Waals surface area contributed by atoms with Crippen LogP contribution in [0, 0.1) is 0 Å². The standard InChI is InChI=1S/C22H31N3O3S2/c1-25-12-10-17(11-13-25)23-15-16-6-7-20(28-2)19(14-16)21-8-9-22(29-21)30(26,27)24-18-4-3-5-18/h6-9,14,17-18,23-24H,3-5,10-13,15H2,1-2H3. The summed E-state index contributed by atoms with van der Waals surface area (Å²) in [5.74, 6) is 0.760. The first-order valence-corrected chi connectivity index (χ1v) is 13.0. The second kappa shape index (κ2) is 9.36. The maximum atomic E-state index is 12.7. The Kier molecular flexibility index (Phi) is 6.79. The van der Waals surface area contributed by atoms with E-state index in [1.165, 1.54) is 29.7 Å². The van der Waals surface area contributed by atoms with Crippen molar-refractivity contribution in [3.05, 3.63) is 35.9 Å². The van der Waals surface area contributed by atoms with Crippen LogP contribution in [0.15, 0.2) is 34.5 Å². The lowest BCUT2D eigenvalue weighted by Gasteiger charge is -2.29. The van der Waals surface area contributed by atoms with Gasteiger partial charge in [-0.1, -0.05) is 12.5 Å². The second-order valence-corrected chi connectivity index (χ2v) is 11.4. The highest BCUT2D eigenvalue weighted by Crippen LogP contribution is 2.37. The molecule has 0 unspecified atom stereocenters. The van der Waals surface area contributed by atoms with Crippen molar-refractivity contribution < 1.29 is 13.2 Å². The molecule has 1 aliphatic carbocycles. The van der Waals surface area contributed by atoms with Gasteiger partial charge in [-0.2, -0.15) is 0 Å². The number of nitrogens with zero attached hydrogens (tertiary/aromatic N) is 1. The highest BCUT2D eigenvalue weighted by Gasteiger charge is 2.26. The van der Waals surface area contributed by atoms with Crippen LogP contribution in [-0.4, -0.2) is 52.6 Å². The molecule has 0 bridgehead atoms. The van der Waals surface area contributed by atoms with Crippen LogP contribution in [0.5, 0.6) is 5.75 Å². The first-order chi connectivity index (χ1) is 14.4. The molecule has 1 aliphatic heterocycles. The number of likely N-dealkylation sites (tertiary alicyclic amines) is 1. The van der Waals surface area contributed by atoms with E-state index in [4.69, 9.17) is 4.74 Å². The van der Waals surface area contributed by atoms with Crippen LogP contribution >= 0.6 is 11.3 Å². The van der Waals surface area contributed by atoms with Gasteiger partial charge in [0.2, 0.25) is 10.0 Å². The van der Waals surface area contributed by atoms with E-state index in [0.29, 0.717) is 10.3 Å². The Balaban J connectivity index is 1.49. The molecule has 0 amide bonds. The van der Waals surface area contributed by atoms with Crippen LogP contribution in [0.4, 0.5) is 0 Å². The molecule has 0 atom stereocenters. The van der Waals surface area contributed by atoms with Crippen LogP contribution in [0.25, 0.3) is 10.4 Å². The number of rotatable bonds is 8. The van der Waals surface area contributed by atoms with E-state index in [1.54, 1.807) is 13.2 Å². The molecule has 0 radical (unpaired) electrons. The summed E-state index contributed by atoms with van der Waals surface area (Å²) in [6.45, 7) is 3.06. The van der Waals surface area contributed by atoms with Crippen molar-refractivity contribution in [2.75, 3.05) is 27.2 Å². The Labute approximate surface area is 183 Å². The van der Waals surface area contributed by atoms with Gasteiger partial charge in [0.25, 0.3) is 0 Å². The summed E-state index contributed by atoms with van der Waals surface area (Å²) >= 11 is 1.30. The van der Waals surface area contributed by atoms with Gasteiger partial charge in [0, 0.05) is 29.1 Å². The van der Waals surface area contributed by atoms with Gasteiger partial charge >= 0.3 is 0 Å². The molecule has 8 heteroatoms. The van der Waals surface area contributed by atoms with Crippen molar-refractivity contribution >= 4 is 21.4 Å². The Morgan fingerprint density at radius 2 is 1.87 bits per heavy atom. The topological polar surface area (TPSA) is 70.7 Å². The minimum Gasteiger partial charge on any atom is -0.496 e. The molecule has 1 saturated carbocycles. The van der Waals surface area contributed by atoms with Crippen molar-refractivity contribution in [1.29, 1.82) is 0 Å². The van der Waals surface area contributed by atoms with Gasteiger partial charge < -0.3 is 15.0 Å².